The number of nitrogens with two attached hydrogens (primary N) is 2. The van der Waals surface area contributed by atoms with E-state index in [-0.39, 0.29) is 0 Å². The monoisotopic (exact) mass is 305 g/mol. The SMILES string of the molecule is CPn1ncc(N)c1-c1cc(N2CCOCC2)ccc1N. The lowest BCUT2D eigenvalue weighted by Gasteiger charge is -2.29. The predicted octanol–water partition coefficient (Wildman–Crippen LogP) is 1.62. The van der Waals surface area contributed by atoms with Crippen LogP contribution in [0.25, 0.3) is 11.3 Å². The molecule has 3 rings (SSSR count). The molecule has 2 aromatic rings. The van der Waals surface area contributed by atoms with Gasteiger partial charge in [-0.3, -0.25) is 0 Å². The van der Waals surface area contributed by atoms with Gasteiger partial charge in [-0.25, -0.2) is 4.45 Å². The zero-order valence-electron chi connectivity index (χ0n) is 12.0. The number of rotatable bonds is 3. The molecule has 1 aromatic heterocycles. The minimum Gasteiger partial charge on any atom is -0.398 e. The molecule has 2 heterocycles. The third-order valence-electron chi connectivity index (χ3n) is 3.68. The van der Waals surface area contributed by atoms with Crippen molar-refractivity contribution in [3.05, 3.63) is 24.4 Å². The van der Waals surface area contributed by atoms with Crippen molar-refractivity contribution in [2.45, 2.75) is 0 Å². The van der Waals surface area contributed by atoms with E-state index < -0.39 is 0 Å². The highest BCUT2D eigenvalue weighted by molar-refractivity contribution is 7.35. The predicted molar refractivity (Wildman–Crippen MR) is 89.2 cm³/mol. The maximum Gasteiger partial charge on any atom is 0.0971 e. The minimum atomic E-state index is 0.511. The Morgan fingerprint density at radius 1 is 1.19 bits per heavy atom. The molecule has 0 saturated carbocycles. The number of morpholine rings is 1. The lowest BCUT2D eigenvalue weighted by molar-refractivity contribution is 0.122. The van der Waals surface area contributed by atoms with E-state index in [1.807, 2.05) is 10.5 Å². The Morgan fingerprint density at radius 3 is 2.67 bits per heavy atom. The summed E-state index contributed by atoms with van der Waals surface area (Å²) in [5.41, 5.74) is 16.6. The van der Waals surface area contributed by atoms with Crippen LogP contribution in [0, 0.1) is 0 Å². The Bertz CT molecular complexity index is 636. The van der Waals surface area contributed by atoms with Crippen LogP contribution in [0.2, 0.25) is 0 Å². The highest BCUT2D eigenvalue weighted by atomic mass is 31.1. The van der Waals surface area contributed by atoms with Gasteiger partial charge < -0.3 is 21.1 Å². The second kappa shape index (κ2) is 5.92. The average molecular weight is 305 g/mol. The summed E-state index contributed by atoms with van der Waals surface area (Å²) >= 11 is 0. The lowest BCUT2D eigenvalue weighted by Crippen LogP contribution is -2.36. The number of nitrogen functional groups attached to an aromatic ring is 2. The highest BCUT2D eigenvalue weighted by Gasteiger charge is 2.17. The maximum atomic E-state index is 6.17. The molecule has 0 aliphatic carbocycles. The summed E-state index contributed by atoms with van der Waals surface area (Å²) in [6, 6.07) is 6.09. The van der Waals surface area contributed by atoms with E-state index >= 15 is 0 Å². The largest absolute Gasteiger partial charge is 0.398 e. The summed E-state index contributed by atoms with van der Waals surface area (Å²) in [4.78, 5) is 2.30. The van der Waals surface area contributed by atoms with Gasteiger partial charge in [0, 0.05) is 38.8 Å². The summed E-state index contributed by atoms with van der Waals surface area (Å²) in [6.45, 7) is 5.38. The molecule has 1 unspecified atom stereocenters. The van der Waals surface area contributed by atoms with Gasteiger partial charge in [0.2, 0.25) is 0 Å². The van der Waals surface area contributed by atoms with Gasteiger partial charge in [0.25, 0.3) is 0 Å². The molecule has 0 spiro atoms. The van der Waals surface area contributed by atoms with E-state index in [4.69, 9.17) is 16.2 Å². The van der Waals surface area contributed by atoms with Gasteiger partial charge in [-0.15, -0.1) is 0 Å². The molecule has 1 aliphatic heterocycles. The van der Waals surface area contributed by atoms with Gasteiger partial charge in [-0.05, 0) is 24.9 Å². The molecular formula is C14H20N5OP. The lowest BCUT2D eigenvalue weighted by atomic mass is 10.1. The molecule has 1 saturated heterocycles. The van der Waals surface area contributed by atoms with Crippen LogP contribution in [-0.2, 0) is 4.74 Å². The third-order valence-corrected chi connectivity index (χ3v) is 4.44. The number of benzene rings is 1. The fraction of sp³-hybridized carbons (Fsp3) is 0.357. The summed E-state index contributed by atoms with van der Waals surface area (Å²) in [5, 5.41) is 4.31. The van der Waals surface area contributed by atoms with Crippen molar-refractivity contribution in [1.82, 2.24) is 9.55 Å². The minimum absolute atomic E-state index is 0.511. The van der Waals surface area contributed by atoms with Crippen LogP contribution in [0.3, 0.4) is 0 Å². The zero-order chi connectivity index (χ0) is 14.8. The van der Waals surface area contributed by atoms with Crippen LogP contribution < -0.4 is 16.4 Å². The molecule has 6 nitrogen and oxygen atoms in total. The van der Waals surface area contributed by atoms with Crippen molar-refractivity contribution in [1.29, 1.82) is 0 Å². The van der Waals surface area contributed by atoms with E-state index in [9.17, 15) is 0 Å². The third kappa shape index (κ3) is 2.69. The van der Waals surface area contributed by atoms with Crippen LogP contribution in [0.1, 0.15) is 0 Å². The van der Waals surface area contributed by atoms with Crippen molar-refractivity contribution in [2.24, 2.45) is 0 Å². The number of hydrogen-bond acceptors (Lipinski definition) is 5. The molecule has 1 fully saturated rings. The number of hydrogen-bond donors (Lipinski definition) is 2. The Labute approximate surface area is 125 Å². The van der Waals surface area contributed by atoms with Crippen LogP contribution in [0.5, 0.6) is 0 Å². The normalized spacial score (nSPS) is 16.0. The highest BCUT2D eigenvalue weighted by Crippen LogP contribution is 2.36. The maximum absolute atomic E-state index is 6.17. The van der Waals surface area contributed by atoms with Gasteiger partial charge in [0.1, 0.15) is 0 Å². The van der Waals surface area contributed by atoms with Gasteiger partial charge in [-0.1, -0.05) is 0 Å². The first-order valence-corrected chi connectivity index (χ1v) is 8.39. The first-order chi connectivity index (χ1) is 10.2. The van der Waals surface area contributed by atoms with Gasteiger partial charge in [-0.2, -0.15) is 5.10 Å². The van der Waals surface area contributed by atoms with Crippen molar-refractivity contribution in [3.63, 3.8) is 0 Å². The van der Waals surface area contributed by atoms with Crippen molar-refractivity contribution >= 4 is 25.8 Å². The van der Waals surface area contributed by atoms with Gasteiger partial charge >= 0.3 is 0 Å². The molecule has 0 bridgehead atoms. The number of anilines is 3. The quantitative estimate of drug-likeness (QED) is 0.665. The topological polar surface area (TPSA) is 82.3 Å². The molecule has 21 heavy (non-hydrogen) atoms. The second-order valence-electron chi connectivity index (χ2n) is 4.95. The molecule has 4 N–H and O–H groups in total. The molecule has 1 atom stereocenters. The Balaban J connectivity index is 2.03. The van der Waals surface area contributed by atoms with Crippen LogP contribution >= 0.6 is 8.73 Å². The number of aromatic nitrogens is 2. The molecule has 0 radical (unpaired) electrons. The standard InChI is InChI=1S/C14H20N5OP/c1-21-19-14(13(16)9-17-19)11-8-10(2-3-12(11)15)18-4-6-20-7-5-18/h2-3,8-9,21H,4-7,15-16H2,1H3. The summed E-state index contributed by atoms with van der Waals surface area (Å²) in [7, 11) is 0.511. The van der Waals surface area contributed by atoms with Crippen molar-refractivity contribution in [3.8, 4) is 11.3 Å². The fourth-order valence-corrected chi connectivity index (χ4v) is 3.21. The molecule has 1 aromatic carbocycles. The second-order valence-corrected chi connectivity index (χ2v) is 5.83. The summed E-state index contributed by atoms with van der Waals surface area (Å²) < 4.78 is 7.31. The first-order valence-electron chi connectivity index (χ1n) is 6.94. The van der Waals surface area contributed by atoms with E-state index in [0.717, 1.165) is 48.9 Å². The Hall–Kier alpha value is -1.78. The molecule has 7 heteroatoms. The molecule has 0 amide bonds. The van der Waals surface area contributed by atoms with Gasteiger partial charge in [0.05, 0.1) is 30.8 Å². The van der Waals surface area contributed by atoms with E-state index in [1.54, 1.807) is 6.20 Å². The van der Waals surface area contributed by atoms with E-state index in [0.29, 0.717) is 14.4 Å². The number of ether oxygens (including phenoxy) is 1. The zero-order valence-corrected chi connectivity index (χ0v) is 13.0. The van der Waals surface area contributed by atoms with Crippen LogP contribution in [-0.4, -0.2) is 42.5 Å². The molecule has 1 aliphatic rings. The average Bonchev–Trinajstić information content (AvgIpc) is 2.89. The summed E-state index contributed by atoms with van der Waals surface area (Å²) in [6.07, 6.45) is 1.69. The fourth-order valence-electron chi connectivity index (χ4n) is 2.57. The van der Waals surface area contributed by atoms with E-state index in [2.05, 4.69) is 28.8 Å². The summed E-state index contributed by atoms with van der Waals surface area (Å²) in [5.74, 6) is 0. The van der Waals surface area contributed by atoms with Crippen molar-refractivity contribution < 1.29 is 4.74 Å². The first kappa shape index (κ1) is 14.2. The molecule has 112 valence electrons. The van der Waals surface area contributed by atoms with Crippen molar-refractivity contribution in [2.75, 3.05) is 49.3 Å². The Kier molecular flexibility index (Phi) is 3.99. The van der Waals surface area contributed by atoms with Crippen LogP contribution in [0.4, 0.5) is 17.1 Å². The smallest absolute Gasteiger partial charge is 0.0971 e. The molecular weight excluding hydrogens is 285 g/mol. The van der Waals surface area contributed by atoms with Crippen LogP contribution in [0.15, 0.2) is 24.4 Å². The Morgan fingerprint density at radius 2 is 1.95 bits per heavy atom. The number of nitrogens with zero attached hydrogens (tertiary/aromatic N) is 3. The van der Waals surface area contributed by atoms with Gasteiger partial charge in [0.15, 0.2) is 0 Å². The van der Waals surface area contributed by atoms with E-state index in [1.165, 1.54) is 0 Å².